The van der Waals surface area contributed by atoms with Gasteiger partial charge in [-0.15, -0.1) is 21.5 Å². The molecule has 0 fully saturated rings. The number of nitrogens with one attached hydrogen (secondary N) is 1. The van der Waals surface area contributed by atoms with Gasteiger partial charge >= 0.3 is 0 Å². The highest BCUT2D eigenvalue weighted by atomic mass is 32.2. The maximum absolute atomic E-state index is 12.7. The number of amides is 1. The fraction of sp³-hybridized carbons (Fsp3) is 0.417. The molecule has 1 aliphatic carbocycles. The molecule has 2 atom stereocenters. The molecular weight excluding hydrogens is 440 g/mol. The summed E-state index contributed by atoms with van der Waals surface area (Å²) < 4.78 is 1.98. The summed E-state index contributed by atoms with van der Waals surface area (Å²) in [7, 11) is 1.95. The number of thioether (sulfide) groups is 1. The number of carbonyl (C=O) groups excluding carboxylic acids is 2. The standard InChI is InChI=1S/C24H28N4O2S2/c1-5-16-6-11-20-18(12-16)13-21(32-20)22-26-27-24(28(22)4)31-15(3)23(30)25-19-9-7-17(8-10-19)14(2)29/h7-10,13,15-16H,5-6,11-12H2,1-4H3,(H,25,30). The zero-order valence-corrected chi connectivity index (χ0v) is 20.5. The second-order valence-corrected chi connectivity index (χ2v) is 10.8. The third kappa shape index (κ3) is 4.81. The van der Waals surface area contributed by atoms with E-state index in [2.05, 4.69) is 28.5 Å². The molecule has 4 rings (SSSR count). The lowest BCUT2D eigenvalue weighted by Crippen LogP contribution is -2.22. The van der Waals surface area contributed by atoms with Crippen molar-refractivity contribution in [3.63, 3.8) is 0 Å². The number of Topliss-reactive ketones (excluding diaryl/α,β-unsaturated/α-hetero) is 1. The molecule has 1 N–H and O–H groups in total. The van der Waals surface area contributed by atoms with E-state index < -0.39 is 0 Å². The summed E-state index contributed by atoms with van der Waals surface area (Å²) in [6, 6.07) is 9.20. The van der Waals surface area contributed by atoms with E-state index >= 15 is 0 Å². The molecule has 6 nitrogen and oxygen atoms in total. The van der Waals surface area contributed by atoms with Gasteiger partial charge in [-0.1, -0.05) is 25.1 Å². The predicted molar refractivity (Wildman–Crippen MR) is 131 cm³/mol. The number of anilines is 1. The van der Waals surface area contributed by atoms with Crippen LogP contribution in [-0.2, 0) is 24.7 Å². The van der Waals surface area contributed by atoms with Gasteiger partial charge in [0.05, 0.1) is 10.1 Å². The molecule has 0 spiro atoms. The number of nitrogens with zero attached hydrogens (tertiary/aromatic N) is 3. The fourth-order valence-corrected chi connectivity index (χ4v) is 5.98. The number of aryl methyl sites for hydroxylation is 1. The summed E-state index contributed by atoms with van der Waals surface area (Å²) in [6.45, 7) is 5.65. The zero-order valence-electron chi connectivity index (χ0n) is 18.8. The van der Waals surface area contributed by atoms with Crippen molar-refractivity contribution in [1.29, 1.82) is 0 Å². The van der Waals surface area contributed by atoms with Gasteiger partial charge in [-0.2, -0.15) is 0 Å². The Bertz CT molecular complexity index is 1130. The number of rotatable bonds is 7. The minimum absolute atomic E-state index is 0.00154. The maximum atomic E-state index is 12.7. The van der Waals surface area contributed by atoms with Crippen LogP contribution >= 0.6 is 23.1 Å². The molecule has 2 unspecified atom stereocenters. The van der Waals surface area contributed by atoms with Crippen LogP contribution in [0.15, 0.2) is 35.5 Å². The third-order valence-corrected chi connectivity index (χ3v) is 8.39. The quantitative estimate of drug-likeness (QED) is 0.372. The molecule has 0 saturated carbocycles. The van der Waals surface area contributed by atoms with Crippen molar-refractivity contribution in [2.24, 2.45) is 13.0 Å². The van der Waals surface area contributed by atoms with E-state index in [1.165, 1.54) is 42.0 Å². The number of thiophene rings is 1. The van der Waals surface area contributed by atoms with E-state index in [1.807, 2.05) is 29.9 Å². The Kier molecular flexibility index (Phi) is 6.81. The number of fused-ring (bicyclic) bond motifs is 1. The smallest absolute Gasteiger partial charge is 0.237 e. The van der Waals surface area contributed by atoms with Gasteiger partial charge in [0.15, 0.2) is 16.8 Å². The number of ketones is 1. The summed E-state index contributed by atoms with van der Waals surface area (Å²) in [5.41, 5.74) is 2.75. The largest absolute Gasteiger partial charge is 0.325 e. The van der Waals surface area contributed by atoms with Gasteiger partial charge < -0.3 is 9.88 Å². The fourth-order valence-electron chi connectivity index (χ4n) is 3.93. The Morgan fingerprint density at radius 2 is 2.03 bits per heavy atom. The van der Waals surface area contributed by atoms with Crippen LogP contribution in [0, 0.1) is 5.92 Å². The van der Waals surface area contributed by atoms with Crippen LogP contribution in [0.5, 0.6) is 0 Å². The van der Waals surface area contributed by atoms with Crippen molar-refractivity contribution in [3.05, 3.63) is 46.3 Å². The molecule has 2 aromatic heterocycles. The van der Waals surface area contributed by atoms with Crippen molar-refractivity contribution in [2.75, 3.05) is 5.32 Å². The van der Waals surface area contributed by atoms with Gasteiger partial charge in [0.2, 0.25) is 5.91 Å². The normalized spacial score (nSPS) is 16.4. The Morgan fingerprint density at radius 1 is 1.28 bits per heavy atom. The van der Waals surface area contributed by atoms with E-state index in [9.17, 15) is 9.59 Å². The molecule has 0 radical (unpaired) electrons. The first-order valence-corrected chi connectivity index (χ1v) is 12.6. The van der Waals surface area contributed by atoms with E-state index in [0.717, 1.165) is 29.5 Å². The lowest BCUT2D eigenvalue weighted by molar-refractivity contribution is -0.115. The van der Waals surface area contributed by atoms with Crippen molar-refractivity contribution < 1.29 is 9.59 Å². The van der Waals surface area contributed by atoms with Crippen LogP contribution in [0.25, 0.3) is 10.7 Å². The first kappa shape index (κ1) is 22.7. The van der Waals surface area contributed by atoms with E-state index in [-0.39, 0.29) is 16.9 Å². The van der Waals surface area contributed by atoms with E-state index in [0.29, 0.717) is 16.4 Å². The molecule has 32 heavy (non-hydrogen) atoms. The van der Waals surface area contributed by atoms with Crippen molar-refractivity contribution in [2.45, 2.75) is 56.9 Å². The van der Waals surface area contributed by atoms with Crippen LogP contribution in [0.2, 0.25) is 0 Å². The number of hydrogen-bond donors (Lipinski definition) is 1. The van der Waals surface area contributed by atoms with Crippen LogP contribution in [0.1, 0.15) is 54.4 Å². The first-order chi connectivity index (χ1) is 15.4. The predicted octanol–water partition coefficient (Wildman–Crippen LogP) is 5.38. The van der Waals surface area contributed by atoms with Gasteiger partial charge in [-0.05, 0) is 74.9 Å². The molecule has 0 bridgehead atoms. The lowest BCUT2D eigenvalue weighted by atomic mass is 9.87. The monoisotopic (exact) mass is 468 g/mol. The number of benzene rings is 1. The van der Waals surface area contributed by atoms with Crippen LogP contribution < -0.4 is 5.32 Å². The minimum atomic E-state index is -0.347. The summed E-state index contributed by atoms with van der Waals surface area (Å²) in [5.74, 6) is 1.52. The van der Waals surface area contributed by atoms with Gasteiger partial charge in [-0.3, -0.25) is 9.59 Å². The summed E-state index contributed by atoms with van der Waals surface area (Å²) in [6.07, 6.45) is 4.82. The Morgan fingerprint density at radius 3 is 2.72 bits per heavy atom. The van der Waals surface area contributed by atoms with Crippen molar-refractivity contribution in [1.82, 2.24) is 14.8 Å². The molecule has 168 valence electrons. The van der Waals surface area contributed by atoms with Crippen LogP contribution in [0.3, 0.4) is 0 Å². The highest BCUT2D eigenvalue weighted by Gasteiger charge is 2.24. The maximum Gasteiger partial charge on any atom is 0.237 e. The number of carbonyl (C=O) groups is 2. The van der Waals surface area contributed by atoms with E-state index in [4.69, 9.17) is 0 Å². The van der Waals surface area contributed by atoms with Gasteiger partial charge in [0.1, 0.15) is 0 Å². The Hall–Kier alpha value is -2.45. The highest BCUT2D eigenvalue weighted by molar-refractivity contribution is 8.00. The highest BCUT2D eigenvalue weighted by Crippen LogP contribution is 2.38. The average molecular weight is 469 g/mol. The van der Waals surface area contributed by atoms with Gasteiger partial charge in [0.25, 0.3) is 0 Å². The summed E-state index contributed by atoms with van der Waals surface area (Å²) >= 11 is 3.21. The molecular formula is C24H28N4O2S2. The molecule has 0 saturated heterocycles. The average Bonchev–Trinajstić information content (AvgIpc) is 3.36. The zero-order chi connectivity index (χ0) is 22.8. The summed E-state index contributed by atoms with van der Waals surface area (Å²) in [4.78, 5) is 26.7. The molecule has 1 aliphatic rings. The molecule has 8 heteroatoms. The second-order valence-electron chi connectivity index (χ2n) is 8.32. The molecule has 2 heterocycles. The number of hydrogen-bond acceptors (Lipinski definition) is 6. The van der Waals surface area contributed by atoms with Crippen molar-refractivity contribution >= 4 is 40.5 Å². The van der Waals surface area contributed by atoms with Gasteiger partial charge in [-0.25, -0.2) is 0 Å². The Labute approximate surface area is 196 Å². The SMILES string of the molecule is CCC1CCc2sc(-c3nnc(SC(C)C(=O)Nc4ccc(C(C)=O)cc4)n3C)cc2C1. The Balaban J connectivity index is 1.43. The molecule has 0 aliphatic heterocycles. The van der Waals surface area contributed by atoms with Crippen molar-refractivity contribution in [3.8, 4) is 10.7 Å². The third-order valence-electron chi connectivity index (χ3n) is 6.03. The molecule has 1 amide bonds. The number of aromatic nitrogens is 3. The first-order valence-electron chi connectivity index (χ1n) is 11.0. The topological polar surface area (TPSA) is 76.9 Å². The van der Waals surface area contributed by atoms with Crippen LogP contribution in [-0.4, -0.2) is 31.7 Å². The second kappa shape index (κ2) is 9.58. The molecule has 1 aromatic carbocycles. The van der Waals surface area contributed by atoms with E-state index in [1.54, 1.807) is 24.3 Å². The molecule has 3 aromatic rings. The summed E-state index contributed by atoms with van der Waals surface area (Å²) in [5, 5.41) is 12.1. The van der Waals surface area contributed by atoms with Gasteiger partial charge in [0, 0.05) is 23.2 Å². The lowest BCUT2D eigenvalue weighted by Gasteiger charge is -2.19. The van der Waals surface area contributed by atoms with Crippen LogP contribution in [0.4, 0.5) is 5.69 Å². The minimum Gasteiger partial charge on any atom is -0.325 e.